The largest absolute Gasteiger partial charge is 0.416 e. The lowest BCUT2D eigenvalue weighted by Gasteiger charge is -2.43. The topological polar surface area (TPSA) is 56.2 Å². The second kappa shape index (κ2) is 16.8. The molecule has 1 N–H and O–H groups in total. The number of hydrogen-bond acceptors (Lipinski definition) is 6. The highest BCUT2D eigenvalue weighted by Gasteiger charge is 2.35. The maximum Gasteiger partial charge on any atom is 0.416 e. The molecule has 2 aliphatic heterocycles. The van der Waals surface area contributed by atoms with Crippen molar-refractivity contribution in [1.29, 1.82) is 0 Å². The Morgan fingerprint density at radius 2 is 1.74 bits per heavy atom. The van der Waals surface area contributed by atoms with Crippen LogP contribution in [0.1, 0.15) is 77.3 Å². The fourth-order valence-corrected chi connectivity index (χ4v) is 6.36. The van der Waals surface area contributed by atoms with Crippen molar-refractivity contribution in [2.75, 3.05) is 44.6 Å². The SMILES string of the molecule is [2H]C([2H])([2H])OC([2H])([2H])CN1C([2H])([2H])C([2H])([2H])C([2H])(N(C(=O)CN2C(SC([2H])([2H])c3cccc(F)c3F)=CC(O)c3ccccc32)C([2H])(C)c2ccc(-c3ccc(C(F)(F)F)cc3)cc2)C([2H])([2H])C1([2H])[2H]. The number of aliphatic hydroxyl groups is 1. The number of anilines is 1. The molecule has 2 heterocycles. The van der Waals surface area contributed by atoms with Gasteiger partial charge in [-0.15, -0.1) is 11.8 Å². The number of alkyl halides is 3. The van der Waals surface area contributed by atoms with Crippen LogP contribution in [-0.2, 0) is 21.4 Å². The van der Waals surface area contributed by atoms with E-state index in [-0.39, 0.29) is 43.9 Å². The summed E-state index contributed by atoms with van der Waals surface area (Å²) in [4.78, 5) is 16.0. The van der Waals surface area contributed by atoms with E-state index in [1.807, 2.05) is 0 Å². The Labute approximate surface area is 334 Å². The van der Waals surface area contributed by atoms with Gasteiger partial charge in [0, 0.05) is 68.8 Å². The van der Waals surface area contributed by atoms with E-state index in [4.69, 9.17) is 15.1 Å². The summed E-state index contributed by atoms with van der Waals surface area (Å²) in [5.74, 6) is -4.69. The molecule has 0 aromatic heterocycles. The molecule has 12 heteroatoms. The average molecular weight is 769 g/mol. The van der Waals surface area contributed by atoms with E-state index in [1.54, 1.807) is 0 Å². The number of ether oxygens (including phenoxy) is 1. The number of fused-ring (bicyclic) bond motifs is 1. The first-order valence-electron chi connectivity index (χ1n) is 24.3. The Bertz CT molecular complexity index is 2630. The molecule has 6 nitrogen and oxygen atoms in total. The van der Waals surface area contributed by atoms with Gasteiger partial charge in [0.15, 0.2) is 11.6 Å². The summed E-state index contributed by atoms with van der Waals surface area (Å²) in [5.41, 5.74) is -4.76. The zero-order valence-corrected chi connectivity index (χ0v) is 28.4. The van der Waals surface area contributed by atoms with Crippen LogP contribution in [0, 0.1) is 11.6 Å². The third-order valence-corrected chi connectivity index (χ3v) is 9.08. The van der Waals surface area contributed by atoms with Crippen LogP contribution in [0.3, 0.4) is 0 Å². The minimum absolute atomic E-state index is 0.0388. The van der Waals surface area contributed by atoms with E-state index < -0.39 is 122 Å². The smallest absolute Gasteiger partial charge is 0.384 e. The summed E-state index contributed by atoms with van der Waals surface area (Å²) < 4.78 is 223. The van der Waals surface area contributed by atoms with Gasteiger partial charge in [-0.05, 0) is 66.7 Å². The molecular weight excluding hydrogens is 710 g/mol. The van der Waals surface area contributed by atoms with Crippen LogP contribution in [0.25, 0.3) is 11.1 Å². The molecule has 0 spiro atoms. The molecule has 2 atom stereocenters. The lowest BCUT2D eigenvalue weighted by Crippen LogP contribution is -2.51. The van der Waals surface area contributed by atoms with E-state index in [0.717, 1.165) is 72.5 Å². The molecule has 0 aliphatic carbocycles. The predicted octanol–water partition coefficient (Wildman–Crippen LogP) is 8.98. The fourth-order valence-electron chi connectivity index (χ4n) is 5.52. The van der Waals surface area contributed by atoms with Crippen molar-refractivity contribution in [3.05, 3.63) is 136 Å². The second-order valence-electron chi connectivity index (χ2n) is 11.5. The summed E-state index contributed by atoms with van der Waals surface area (Å²) in [6.45, 7) is -14.1. The van der Waals surface area contributed by atoms with Crippen molar-refractivity contribution in [2.45, 2.75) is 49.7 Å². The molecule has 6 rings (SSSR count). The normalized spacial score (nSPS) is 27.8. The summed E-state index contributed by atoms with van der Waals surface area (Å²) in [7, 11) is -3.55. The number of nitrogens with zero attached hydrogens (tertiary/aromatic N) is 3. The number of methoxy groups -OCH3 is 1. The summed E-state index contributed by atoms with van der Waals surface area (Å²) in [6, 6.07) is 9.42. The molecule has 1 fully saturated rings. The lowest BCUT2D eigenvalue weighted by molar-refractivity contribution is -0.137. The van der Waals surface area contributed by atoms with Crippen molar-refractivity contribution < 1.29 is 59.9 Å². The first-order chi connectivity index (χ1) is 31.8. The molecule has 53 heavy (non-hydrogen) atoms. The number of likely N-dealkylation sites (tertiary alicyclic amines) is 1. The van der Waals surface area contributed by atoms with Crippen LogP contribution < -0.4 is 4.90 Å². The fraction of sp³-hybridized carbons (Fsp3) is 0.341. The minimum Gasteiger partial charge on any atom is -0.384 e. The first-order valence-corrected chi connectivity index (χ1v) is 16.6. The highest BCUT2D eigenvalue weighted by molar-refractivity contribution is 8.02. The third kappa shape index (κ3) is 8.95. The Kier molecular flexibility index (Phi) is 7.06. The number of carbonyl (C=O) groups excluding carboxylic acids is 1. The number of halogens is 5. The molecule has 0 radical (unpaired) electrons. The number of amides is 1. The minimum atomic E-state index is -4.68. The van der Waals surface area contributed by atoms with Crippen molar-refractivity contribution in [1.82, 2.24) is 9.80 Å². The number of para-hydroxylation sites is 1. The van der Waals surface area contributed by atoms with E-state index in [9.17, 15) is 30.9 Å². The highest BCUT2D eigenvalue weighted by atomic mass is 32.2. The van der Waals surface area contributed by atoms with Gasteiger partial charge in [-0.1, -0.05) is 66.7 Å². The van der Waals surface area contributed by atoms with Gasteiger partial charge in [-0.2, -0.15) is 13.2 Å². The highest BCUT2D eigenvalue weighted by Crippen LogP contribution is 2.41. The molecule has 1 saturated heterocycles. The van der Waals surface area contributed by atoms with Gasteiger partial charge in [0.05, 0.1) is 32.8 Å². The molecule has 0 bridgehead atoms. The molecule has 280 valence electrons. The van der Waals surface area contributed by atoms with Gasteiger partial charge >= 0.3 is 6.18 Å². The number of thioether (sulfide) groups is 1. The van der Waals surface area contributed by atoms with Crippen molar-refractivity contribution in [3.63, 3.8) is 0 Å². The first kappa shape index (κ1) is 22.2. The van der Waals surface area contributed by atoms with Gasteiger partial charge in [0.1, 0.15) is 12.6 Å². The second-order valence-corrected chi connectivity index (χ2v) is 12.3. The Balaban J connectivity index is 1.55. The van der Waals surface area contributed by atoms with Crippen LogP contribution in [0.15, 0.2) is 102 Å². The number of rotatable bonds is 12. The maximum absolute atomic E-state index is 15.5. The number of carbonyl (C=O) groups is 1. The summed E-state index contributed by atoms with van der Waals surface area (Å²) in [5, 5.41) is 10.8. The number of piperidine rings is 1. The molecular formula is C41H42F5N3O3S. The number of hydrogen-bond donors (Lipinski definition) is 1. The zero-order chi connectivity index (χ0) is 52.8. The van der Waals surface area contributed by atoms with Gasteiger partial charge in [-0.25, -0.2) is 8.78 Å². The predicted molar refractivity (Wildman–Crippen MR) is 198 cm³/mol. The van der Waals surface area contributed by atoms with Gasteiger partial charge < -0.3 is 24.5 Å². The van der Waals surface area contributed by atoms with Crippen LogP contribution in [0.4, 0.5) is 27.6 Å². The molecule has 2 unspecified atom stereocenters. The summed E-state index contributed by atoms with van der Waals surface area (Å²) >= 11 is 0.141. The van der Waals surface area contributed by atoms with Crippen molar-refractivity contribution in [3.8, 4) is 11.1 Å². The lowest BCUT2D eigenvalue weighted by atomic mass is 9.96. The van der Waals surface area contributed by atoms with Crippen molar-refractivity contribution >= 4 is 23.4 Å². The quantitative estimate of drug-likeness (QED) is 0.145. The zero-order valence-electron chi connectivity index (χ0n) is 44.6. The molecule has 4 aromatic rings. The van der Waals surface area contributed by atoms with E-state index in [0.29, 0.717) is 0 Å². The van der Waals surface area contributed by atoms with E-state index in [1.165, 1.54) is 36.4 Å². The standard InChI is InChI=1S/C41H42F5N3O3S/c1-27(28-10-12-29(13-11-28)30-14-16-32(17-15-30)41(44,45)46)49(33-18-20-47(21-19-33)22-23-52-2)38(51)25-48-36-9-4-3-7-34(36)37(50)24-39(48)53-26-31-6-5-8-35(42)40(31)43/h3-17,24,27,33,37,50H,18-23,25-26H2,1-2H3/i2D3,18D2,19D2,20D2,21D2,23D2,26D2,27D,33D. The molecule has 2 aliphatic rings. The monoisotopic (exact) mass is 768 g/mol. The Hall–Kier alpha value is -4.23. The van der Waals surface area contributed by atoms with Gasteiger partial charge in [-0.3, -0.25) is 4.79 Å². The number of benzene rings is 4. The van der Waals surface area contributed by atoms with Crippen LogP contribution in [-0.4, -0.2) is 66.5 Å². The molecule has 0 saturated carbocycles. The summed E-state index contributed by atoms with van der Waals surface area (Å²) in [6.07, 6.45) is -13.8. The number of aliphatic hydroxyl groups excluding tert-OH is 1. The van der Waals surface area contributed by atoms with Gasteiger partial charge in [0.25, 0.3) is 0 Å². The molecule has 1 amide bonds. The molecule has 4 aromatic carbocycles. The Morgan fingerprint density at radius 3 is 2.42 bits per heavy atom. The van der Waals surface area contributed by atoms with E-state index in [2.05, 4.69) is 4.74 Å². The van der Waals surface area contributed by atoms with Crippen LogP contribution >= 0.6 is 11.8 Å². The average Bonchev–Trinajstić information content (AvgIpc) is 3.23. The third-order valence-electron chi connectivity index (χ3n) is 8.19. The van der Waals surface area contributed by atoms with E-state index >= 15 is 9.18 Å². The maximum atomic E-state index is 15.5. The van der Waals surface area contributed by atoms with Crippen LogP contribution in [0.5, 0.6) is 0 Å². The van der Waals surface area contributed by atoms with Gasteiger partial charge in [0.2, 0.25) is 5.91 Å². The van der Waals surface area contributed by atoms with Crippen LogP contribution in [0.2, 0.25) is 0 Å². The Morgan fingerprint density at radius 1 is 1.06 bits per heavy atom. The van der Waals surface area contributed by atoms with Crippen molar-refractivity contribution in [2.24, 2.45) is 0 Å².